The summed E-state index contributed by atoms with van der Waals surface area (Å²) in [5.74, 6) is -0.306. The third-order valence-electron chi connectivity index (χ3n) is 2.88. The van der Waals surface area contributed by atoms with Crippen molar-refractivity contribution in [2.75, 3.05) is 0 Å². The lowest BCUT2D eigenvalue weighted by molar-refractivity contribution is 0.237. The zero-order valence-electron chi connectivity index (χ0n) is 11.2. The van der Waals surface area contributed by atoms with Crippen molar-refractivity contribution in [2.24, 2.45) is 0 Å². The molecule has 0 radical (unpaired) electrons. The van der Waals surface area contributed by atoms with Gasteiger partial charge in [-0.15, -0.1) is 0 Å². The molecule has 0 aliphatic rings. The molecule has 6 nitrogen and oxygen atoms in total. The molecular weight excluding hydrogens is 263 g/mol. The van der Waals surface area contributed by atoms with Gasteiger partial charge in [-0.2, -0.15) is 0 Å². The molecule has 0 fully saturated rings. The molecule has 0 bridgehead atoms. The summed E-state index contributed by atoms with van der Waals surface area (Å²) in [5, 5.41) is 12.7. The average molecular weight is 278 g/mol. The minimum atomic E-state index is -0.343. The minimum Gasteiger partial charge on any atom is -0.332 e. The Balaban J connectivity index is 1.85. The van der Waals surface area contributed by atoms with Gasteiger partial charge in [-0.05, 0) is 31.5 Å². The molecule has 0 unspecified atom stereocenters. The molecule has 1 atom stereocenters. The number of carbonyl (C=O) groups excluding carboxylic acids is 1. The number of carbonyl (C=O) groups is 1. The van der Waals surface area contributed by atoms with E-state index in [2.05, 4.69) is 25.6 Å². The highest BCUT2D eigenvalue weighted by atomic mass is 19.1. The second-order valence-electron chi connectivity index (χ2n) is 4.40. The van der Waals surface area contributed by atoms with Crippen LogP contribution in [0.1, 0.15) is 29.9 Å². The molecule has 2 N–H and O–H groups in total. The maximum absolute atomic E-state index is 12.8. The molecular formula is C13H15FN4O2. The van der Waals surface area contributed by atoms with Crippen molar-refractivity contribution < 1.29 is 13.8 Å². The monoisotopic (exact) mass is 278 g/mol. The van der Waals surface area contributed by atoms with E-state index in [0.717, 1.165) is 5.56 Å². The number of nitrogens with one attached hydrogen (secondary N) is 2. The van der Waals surface area contributed by atoms with E-state index in [1.54, 1.807) is 19.1 Å². The van der Waals surface area contributed by atoms with Crippen molar-refractivity contribution in [3.8, 4) is 0 Å². The lowest BCUT2D eigenvalue weighted by Gasteiger charge is -2.14. The first kappa shape index (κ1) is 14.0. The second-order valence-corrected chi connectivity index (χ2v) is 4.40. The van der Waals surface area contributed by atoms with Gasteiger partial charge in [-0.3, -0.25) is 0 Å². The lowest BCUT2D eigenvalue weighted by atomic mass is 10.1. The molecule has 0 aliphatic heterocycles. The van der Waals surface area contributed by atoms with Crippen LogP contribution in [0.3, 0.4) is 0 Å². The summed E-state index contributed by atoms with van der Waals surface area (Å²) in [6.45, 7) is 3.79. The van der Waals surface area contributed by atoms with Crippen LogP contribution in [0.25, 0.3) is 0 Å². The molecule has 1 aromatic carbocycles. The number of nitrogens with zero attached hydrogens (tertiary/aromatic N) is 2. The van der Waals surface area contributed by atoms with E-state index in [9.17, 15) is 9.18 Å². The van der Waals surface area contributed by atoms with Crippen LogP contribution in [-0.4, -0.2) is 16.3 Å². The maximum Gasteiger partial charge on any atom is 0.315 e. The van der Waals surface area contributed by atoms with E-state index in [4.69, 9.17) is 0 Å². The number of aromatic nitrogens is 2. The Bertz CT molecular complexity index is 582. The zero-order valence-corrected chi connectivity index (χ0v) is 11.2. The van der Waals surface area contributed by atoms with Crippen LogP contribution in [0.4, 0.5) is 9.18 Å². The van der Waals surface area contributed by atoms with Crippen molar-refractivity contribution in [3.63, 3.8) is 0 Å². The van der Waals surface area contributed by atoms with Crippen LogP contribution >= 0.6 is 0 Å². The summed E-state index contributed by atoms with van der Waals surface area (Å²) >= 11 is 0. The molecule has 106 valence electrons. The number of aryl methyl sites for hydroxylation is 1. The third-order valence-corrected chi connectivity index (χ3v) is 2.88. The van der Waals surface area contributed by atoms with Gasteiger partial charge in [0.25, 0.3) is 0 Å². The van der Waals surface area contributed by atoms with Crippen LogP contribution < -0.4 is 10.6 Å². The minimum absolute atomic E-state index is 0.230. The topological polar surface area (TPSA) is 80.1 Å². The Morgan fingerprint density at radius 1 is 1.35 bits per heavy atom. The number of halogens is 1. The van der Waals surface area contributed by atoms with Crippen molar-refractivity contribution in [1.29, 1.82) is 0 Å². The van der Waals surface area contributed by atoms with Crippen molar-refractivity contribution in [1.82, 2.24) is 20.9 Å². The smallest absolute Gasteiger partial charge is 0.315 e. The molecule has 2 rings (SSSR count). The number of hydrogen-bond acceptors (Lipinski definition) is 4. The van der Waals surface area contributed by atoms with Gasteiger partial charge in [0, 0.05) is 0 Å². The van der Waals surface area contributed by atoms with Crippen LogP contribution in [0.2, 0.25) is 0 Å². The normalized spacial score (nSPS) is 11.9. The van der Waals surface area contributed by atoms with E-state index in [-0.39, 0.29) is 24.4 Å². The third kappa shape index (κ3) is 3.53. The number of hydrogen-bond donors (Lipinski definition) is 2. The lowest BCUT2D eigenvalue weighted by Crippen LogP contribution is -2.36. The fourth-order valence-corrected chi connectivity index (χ4v) is 1.66. The highest BCUT2D eigenvalue weighted by molar-refractivity contribution is 5.74. The Morgan fingerprint density at radius 2 is 2.05 bits per heavy atom. The van der Waals surface area contributed by atoms with Crippen LogP contribution in [0.15, 0.2) is 28.9 Å². The highest BCUT2D eigenvalue weighted by Gasteiger charge is 2.11. The van der Waals surface area contributed by atoms with Gasteiger partial charge in [0.05, 0.1) is 12.6 Å². The van der Waals surface area contributed by atoms with Crippen LogP contribution in [0, 0.1) is 12.7 Å². The van der Waals surface area contributed by atoms with Gasteiger partial charge in [-0.1, -0.05) is 22.4 Å². The largest absolute Gasteiger partial charge is 0.332 e. The summed E-state index contributed by atoms with van der Waals surface area (Å²) in [6, 6.07) is 5.40. The fourth-order valence-electron chi connectivity index (χ4n) is 1.66. The van der Waals surface area contributed by atoms with Gasteiger partial charge in [0.15, 0.2) is 0 Å². The van der Waals surface area contributed by atoms with Gasteiger partial charge in [-0.25, -0.2) is 13.8 Å². The fraction of sp³-hybridized carbons (Fsp3) is 0.308. The highest BCUT2D eigenvalue weighted by Crippen LogP contribution is 2.12. The molecule has 1 heterocycles. The average Bonchev–Trinajstić information content (AvgIpc) is 2.82. The van der Waals surface area contributed by atoms with Crippen molar-refractivity contribution in [2.45, 2.75) is 26.4 Å². The Hall–Kier alpha value is -2.44. The van der Waals surface area contributed by atoms with Crippen LogP contribution in [0.5, 0.6) is 0 Å². The van der Waals surface area contributed by atoms with E-state index in [0.29, 0.717) is 11.4 Å². The molecule has 1 aromatic heterocycles. The number of urea groups is 1. The van der Waals surface area contributed by atoms with Gasteiger partial charge in [0.1, 0.15) is 17.2 Å². The van der Waals surface area contributed by atoms with Gasteiger partial charge in [0.2, 0.25) is 0 Å². The molecule has 7 heteroatoms. The summed E-state index contributed by atoms with van der Waals surface area (Å²) in [6.07, 6.45) is 0. The predicted octanol–water partition coefficient (Wildman–Crippen LogP) is 2.08. The molecule has 2 amide bonds. The molecule has 0 aliphatic carbocycles. The predicted molar refractivity (Wildman–Crippen MR) is 69.2 cm³/mol. The summed E-state index contributed by atoms with van der Waals surface area (Å²) in [5.41, 5.74) is 2.03. The first-order chi connectivity index (χ1) is 9.56. The summed E-state index contributed by atoms with van der Waals surface area (Å²) in [4.78, 5) is 11.7. The number of benzene rings is 1. The quantitative estimate of drug-likeness (QED) is 0.897. The van der Waals surface area contributed by atoms with Gasteiger partial charge < -0.3 is 10.6 Å². The molecule has 20 heavy (non-hydrogen) atoms. The molecule has 0 spiro atoms. The Morgan fingerprint density at radius 3 is 2.65 bits per heavy atom. The molecule has 2 aromatic rings. The molecule has 0 saturated heterocycles. The SMILES string of the molecule is Cc1nonc1CNC(=O)N[C@H](C)c1ccc(F)cc1. The van der Waals surface area contributed by atoms with Crippen LogP contribution in [-0.2, 0) is 6.54 Å². The second kappa shape index (κ2) is 6.14. The first-order valence-electron chi connectivity index (χ1n) is 6.14. The summed E-state index contributed by atoms with van der Waals surface area (Å²) < 4.78 is 17.3. The zero-order chi connectivity index (χ0) is 14.5. The number of rotatable bonds is 4. The van der Waals surface area contributed by atoms with E-state index in [1.807, 2.05) is 6.92 Å². The van der Waals surface area contributed by atoms with E-state index < -0.39 is 0 Å². The van der Waals surface area contributed by atoms with Crippen molar-refractivity contribution in [3.05, 3.63) is 47.0 Å². The standard InChI is InChI=1S/C13H15FN4O2/c1-8(10-3-5-11(14)6-4-10)16-13(19)15-7-12-9(2)17-20-18-12/h3-6,8H,7H2,1-2H3,(H2,15,16,19)/t8-/m1/s1. The number of amides is 2. The van der Waals surface area contributed by atoms with E-state index >= 15 is 0 Å². The summed E-state index contributed by atoms with van der Waals surface area (Å²) in [7, 11) is 0. The van der Waals surface area contributed by atoms with E-state index in [1.165, 1.54) is 12.1 Å². The molecule has 0 saturated carbocycles. The maximum atomic E-state index is 12.8. The van der Waals surface area contributed by atoms with Gasteiger partial charge >= 0.3 is 6.03 Å². The Kier molecular flexibility index (Phi) is 4.29. The Labute approximate surface area is 115 Å². The van der Waals surface area contributed by atoms with Crippen molar-refractivity contribution >= 4 is 6.03 Å². The first-order valence-corrected chi connectivity index (χ1v) is 6.14.